The van der Waals surface area contributed by atoms with Gasteiger partial charge in [0.05, 0.1) is 0 Å². The molecular formula is C25H23N5O2S. The number of hydrogen-bond donors (Lipinski definition) is 2. The zero-order valence-electron chi connectivity index (χ0n) is 18.2. The minimum atomic E-state index is -0.257. The second kappa shape index (κ2) is 8.68. The molecule has 1 aliphatic heterocycles. The smallest absolute Gasteiger partial charge is 0.264 e. The van der Waals surface area contributed by atoms with Crippen LogP contribution < -0.4 is 5.32 Å². The summed E-state index contributed by atoms with van der Waals surface area (Å²) >= 11 is 1.49. The Morgan fingerprint density at radius 2 is 2.21 bits per heavy atom. The van der Waals surface area contributed by atoms with E-state index in [1.807, 2.05) is 41.9 Å². The van der Waals surface area contributed by atoms with Crippen LogP contribution in [-0.2, 0) is 9.59 Å². The zero-order valence-corrected chi connectivity index (χ0v) is 19.0. The predicted molar refractivity (Wildman–Crippen MR) is 129 cm³/mol. The molecule has 2 aliphatic rings. The quantitative estimate of drug-likeness (QED) is 0.437. The third-order valence-electron chi connectivity index (χ3n) is 6.06. The minimum Gasteiger partial charge on any atom is -0.346 e. The number of amides is 2. The van der Waals surface area contributed by atoms with Crippen LogP contribution >= 0.6 is 11.3 Å². The number of carbonyl (C=O) groups excluding carboxylic acids is 2. The lowest BCUT2D eigenvalue weighted by atomic mass is 9.89. The fourth-order valence-electron chi connectivity index (χ4n) is 4.20. The van der Waals surface area contributed by atoms with Crippen LogP contribution in [0.2, 0.25) is 0 Å². The lowest BCUT2D eigenvalue weighted by Crippen LogP contribution is -2.38. The number of rotatable bonds is 5. The van der Waals surface area contributed by atoms with Crippen molar-refractivity contribution in [2.24, 2.45) is 11.8 Å². The van der Waals surface area contributed by atoms with E-state index in [4.69, 9.17) is 0 Å². The van der Waals surface area contributed by atoms with E-state index >= 15 is 0 Å². The summed E-state index contributed by atoms with van der Waals surface area (Å²) in [6, 6.07) is 9.74. The molecule has 2 amide bonds. The molecule has 0 unspecified atom stereocenters. The SMILES string of the molecule is C[C@@H]1CN(C(=O)C(C#N)=Cc2cccs2)CC=C1c1cc(NC(=O)C2CC2)nc2[nH]ccc12. The standard InChI is InChI=1S/C25H23N5O2S/c1-15-14-30(25(32)17(13-26)11-18-3-2-10-33-18)9-7-19(15)21-12-22(29-24(31)16-4-5-16)28-23-20(21)6-8-27-23/h2-3,6-8,10-12,15-16H,4-5,9,14H2,1H3,(H2,27,28,29,31)/t15-/m1/s1. The monoisotopic (exact) mass is 457 g/mol. The second-order valence-electron chi connectivity index (χ2n) is 8.51. The fraction of sp³-hybridized carbons (Fsp3) is 0.280. The van der Waals surface area contributed by atoms with E-state index in [9.17, 15) is 14.9 Å². The van der Waals surface area contributed by atoms with Crippen molar-refractivity contribution in [1.29, 1.82) is 5.26 Å². The van der Waals surface area contributed by atoms with Gasteiger partial charge in [0.2, 0.25) is 5.91 Å². The van der Waals surface area contributed by atoms with Crippen molar-refractivity contribution in [2.75, 3.05) is 18.4 Å². The first-order valence-corrected chi connectivity index (χ1v) is 11.9. The van der Waals surface area contributed by atoms with Crippen molar-refractivity contribution in [2.45, 2.75) is 19.8 Å². The molecule has 166 valence electrons. The van der Waals surface area contributed by atoms with Crippen molar-refractivity contribution in [3.8, 4) is 6.07 Å². The van der Waals surface area contributed by atoms with Crippen molar-refractivity contribution in [3.05, 3.63) is 57.9 Å². The Morgan fingerprint density at radius 3 is 2.91 bits per heavy atom. The Morgan fingerprint density at radius 1 is 1.36 bits per heavy atom. The molecule has 3 aromatic heterocycles. The molecule has 3 aromatic rings. The predicted octanol–water partition coefficient (Wildman–Crippen LogP) is 4.44. The largest absolute Gasteiger partial charge is 0.346 e. The van der Waals surface area contributed by atoms with Crippen molar-refractivity contribution >= 4 is 51.7 Å². The molecule has 5 rings (SSSR count). The molecular weight excluding hydrogens is 434 g/mol. The van der Waals surface area contributed by atoms with E-state index in [1.165, 1.54) is 11.3 Å². The van der Waals surface area contributed by atoms with Gasteiger partial charge in [0, 0.05) is 35.5 Å². The maximum Gasteiger partial charge on any atom is 0.264 e. The van der Waals surface area contributed by atoms with E-state index in [-0.39, 0.29) is 29.2 Å². The molecule has 0 saturated heterocycles. The van der Waals surface area contributed by atoms with Crippen molar-refractivity contribution < 1.29 is 9.59 Å². The van der Waals surface area contributed by atoms with E-state index in [0.29, 0.717) is 18.9 Å². The Bertz CT molecular complexity index is 1320. The maximum atomic E-state index is 13.0. The van der Waals surface area contributed by atoms with E-state index in [0.717, 1.165) is 39.9 Å². The van der Waals surface area contributed by atoms with Crippen molar-refractivity contribution in [1.82, 2.24) is 14.9 Å². The molecule has 0 aromatic carbocycles. The molecule has 1 fully saturated rings. The number of anilines is 1. The zero-order chi connectivity index (χ0) is 22.9. The van der Waals surface area contributed by atoms with Crippen LogP contribution in [0, 0.1) is 23.2 Å². The number of hydrogen-bond acceptors (Lipinski definition) is 5. The first-order valence-electron chi connectivity index (χ1n) is 11.0. The van der Waals surface area contributed by atoms with E-state index < -0.39 is 0 Å². The number of thiophene rings is 1. The fourth-order valence-corrected chi connectivity index (χ4v) is 4.85. The number of pyridine rings is 1. The van der Waals surface area contributed by atoms with Gasteiger partial charge in [-0.25, -0.2) is 4.98 Å². The molecule has 0 bridgehead atoms. The third-order valence-corrected chi connectivity index (χ3v) is 6.88. The highest BCUT2D eigenvalue weighted by molar-refractivity contribution is 7.10. The molecule has 8 heteroatoms. The number of aromatic nitrogens is 2. The summed E-state index contributed by atoms with van der Waals surface area (Å²) < 4.78 is 0. The van der Waals surface area contributed by atoms with Gasteiger partial charge in [0.25, 0.3) is 5.91 Å². The lowest BCUT2D eigenvalue weighted by molar-refractivity contribution is -0.126. The topological polar surface area (TPSA) is 102 Å². The van der Waals surface area contributed by atoms with Crippen molar-refractivity contribution in [3.63, 3.8) is 0 Å². The summed E-state index contributed by atoms with van der Waals surface area (Å²) in [5, 5.41) is 15.4. The second-order valence-corrected chi connectivity index (χ2v) is 9.49. The average molecular weight is 458 g/mol. The number of aromatic amines is 1. The van der Waals surface area contributed by atoms with E-state index in [1.54, 1.807) is 11.0 Å². The molecule has 2 N–H and O–H groups in total. The van der Waals surface area contributed by atoms with Gasteiger partial charge in [0.1, 0.15) is 23.1 Å². The van der Waals surface area contributed by atoms with Gasteiger partial charge in [0.15, 0.2) is 0 Å². The van der Waals surface area contributed by atoms with Crippen LogP contribution in [0.15, 0.2) is 47.5 Å². The van der Waals surface area contributed by atoms with E-state index in [2.05, 4.69) is 28.3 Å². The van der Waals surface area contributed by atoms with Gasteiger partial charge in [-0.15, -0.1) is 11.3 Å². The number of nitrogens with one attached hydrogen (secondary N) is 2. The summed E-state index contributed by atoms with van der Waals surface area (Å²) in [4.78, 5) is 35.6. The number of nitriles is 1. The number of carbonyl (C=O) groups is 2. The van der Waals surface area contributed by atoms with Gasteiger partial charge < -0.3 is 15.2 Å². The molecule has 0 spiro atoms. The summed E-state index contributed by atoms with van der Waals surface area (Å²) in [6.45, 7) is 2.99. The van der Waals surface area contributed by atoms with Gasteiger partial charge in [-0.1, -0.05) is 19.1 Å². The van der Waals surface area contributed by atoms with Gasteiger partial charge >= 0.3 is 0 Å². The number of nitrogens with zero attached hydrogens (tertiary/aromatic N) is 3. The molecule has 33 heavy (non-hydrogen) atoms. The highest BCUT2D eigenvalue weighted by Gasteiger charge is 2.31. The number of H-pyrrole nitrogens is 1. The van der Waals surface area contributed by atoms with Gasteiger partial charge in [-0.05, 0) is 59.6 Å². The average Bonchev–Trinajstić information content (AvgIpc) is 3.34. The summed E-state index contributed by atoms with van der Waals surface area (Å²) in [6.07, 6.45) is 7.40. The third kappa shape index (κ3) is 4.32. The van der Waals surface area contributed by atoms with Crippen LogP contribution in [0.25, 0.3) is 22.7 Å². The van der Waals surface area contributed by atoms with Crippen LogP contribution in [0.3, 0.4) is 0 Å². The van der Waals surface area contributed by atoms with Crippen LogP contribution in [0.5, 0.6) is 0 Å². The molecule has 1 atom stereocenters. The Balaban J connectivity index is 1.42. The molecule has 7 nitrogen and oxygen atoms in total. The normalized spacial score (nSPS) is 18.7. The Kier molecular flexibility index (Phi) is 5.56. The lowest BCUT2D eigenvalue weighted by Gasteiger charge is -2.31. The van der Waals surface area contributed by atoms with Crippen LogP contribution in [0.4, 0.5) is 5.82 Å². The maximum absolute atomic E-state index is 13.0. The summed E-state index contributed by atoms with van der Waals surface area (Å²) in [5.41, 5.74) is 2.97. The first-order chi connectivity index (χ1) is 16.0. The highest BCUT2D eigenvalue weighted by atomic mass is 32.1. The Hall–Kier alpha value is -3.70. The summed E-state index contributed by atoms with van der Waals surface area (Å²) in [7, 11) is 0. The minimum absolute atomic E-state index is 0.0170. The molecule has 0 radical (unpaired) electrons. The molecule has 1 saturated carbocycles. The molecule has 1 aliphatic carbocycles. The Labute approximate surface area is 195 Å². The molecule has 4 heterocycles. The van der Waals surface area contributed by atoms with Crippen LogP contribution in [-0.4, -0.2) is 39.8 Å². The van der Waals surface area contributed by atoms with Gasteiger partial charge in [-0.3, -0.25) is 9.59 Å². The van der Waals surface area contributed by atoms with Crippen LogP contribution in [0.1, 0.15) is 30.2 Å². The van der Waals surface area contributed by atoms with Gasteiger partial charge in [-0.2, -0.15) is 5.26 Å². The summed E-state index contributed by atoms with van der Waals surface area (Å²) in [5.74, 6) is 0.444. The first kappa shape index (κ1) is 21.2. The highest BCUT2D eigenvalue weighted by Crippen LogP contribution is 2.35. The number of fused-ring (bicyclic) bond motifs is 1.